The summed E-state index contributed by atoms with van der Waals surface area (Å²) in [6.45, 7) is 1.64. The predicted molar refractivity (Wildman–Crippen MR) is 71.5 cm³/mol. The maximum absolute atomic E-state index is 13.6. The number of carboxylic acid groups (broad SMARTS) is 1. The molecule has 6 heteroatoms. The predicted octanol–water partition coefficient (Wildman–Crippen LogP) is 3.34. The number of carboxylic acids is 1. The van der Waals surface area contributed by atoms with Gasteiger partial charge in [0.1, 0.15) is 18.2 Å². The molecule has 0 aliphatic carbocycles. The molecule has 0 aliphatic rings. The van der Waals surface area contributed by atoms with Crippen molar-refractivity contribution in [3.05, 3.63) is 51.0 Å². The van der Waals surface area contributed by atoms with Crippen LogP contribution in [0.25, 0.3) is 0 Å². The average Bonchev–Trinajstić information content (AvgIpc) is 2.79. The maximum atomic E-state index is 13.6. The highest BCUT2D eigenvalue weighted by atomic mass is 32.1. The molecule has 1 aromatic carbocycles. The number of hydrogen-bond donors (Lipinski definition) is 1. The van der Waals surface area contributed by atoms with Gasteiger partial charge in [-0.05, 0) is 31.2 Å². The monoisotopic (exact) mass is 291 g/mol. The Morgan fingerprint density at radius 3 is 2.90 bits per heavy atom. The SMILES string of the molecule is Cc1cc(OCc2cc(C#N)ccc2F)c(C(=O)O)s1. The first-order valence-electron chi connectivity index (χ1n) is 5.66. The van der Waals surface area contributed by atoms with Crippen molar-refractivity contribution in [1.29, 1.82) is 5.26 Å². The molecule has 0 spiro atoms. The topological polar surface area (TPSA) is 70.3 Å². The van der Waals surface area contributed by atoms with Gasteiger partial charge in [-0.3, -0.25) is 0 Å². The molecule has 0 fully saturated rings. The van der Waals surface area contributed by atoms with E-state index in [9.17, 15) is 9.18 Å². The Labute approximate surface area is 118 Å². The lowest BCUT2D eigenvalue weighted by molar-refractivity contribution is 0.0697. The number of carbonyl (C=O) groups is 1. The molecule has 1 heterocycles. The fourth-order valence-electron chi connectivity index (χ4n) is 1.66. The minimum absolute atomic E-state index is 0.0827. The smallest absolute Gasteiger partial charge is 0.349 e. The van der Waals surface area contributed by atoms with Crippen molar-refractivity contribution in [2.45, 2.75) is 13.5 Å². The second-order valence-electron chi connectivity index (χ2n) is 4.06. The van der Waals surface area contributed by atoms with Gasteiger partial charge >= 0.3 is 5.97 Å². The van der Waals surface area contributed by atoms with E-state index >= 15 is 0 Å². The standard InChI is InChI=1S/C14H10FNO3S/c1-8-4-12(13(20-8)14(17)18)19-7-10-5-9(6-16)2-3-11(10)15/h2-5H,7H2,1H3,(H,17,18). The van der Waals surface area contributed by atoms with Gasteiger partial charge in [0.25, 0.3) is 0 Å². The van der Waals surface area contributed by atoms with Gasteiger partial charge < -0.3 is 9.84 Å². The number of rotatable bonds is 4. The van der Waals surface area contributed by atoms with Crippen LogP contribution in [0.2, 0.25) is 0 Å². The van der Waals surface area contributed by atoms with Crippen molar-refractivity contribution in [3.8, 4) is 11.8 Å². The van der Waals surface area contributed by atoms with E-state index in [0.717, 1.165) is 16.2 Å². The van der Waals surface area contributed by atoms with Crippen LogP contribution in [-0.2, 0) is 6.61 Å². The van der Waals surface area contributed by atoms with Crippen LogP contribution in [-0.4, -0.2) is 11.1 Å². The zero-order valence-corrected chi connectivity index (χ0v) is 11.3. The molecule has 0 amide bonds. The number of ether oxygens (including phenoxy) is 1. The van der Waals surface area contributed by atoms with Gasteiger partial charge in [0.2, 0.25) is 0 Å². The van der Waals surface area contributed by atoms with Gasteiger partial charge in [-0.15, -0.1) is 11.3 Å². The number of aryl methyl sites for hydroxylation is 1. The van der Waals surface area contributed by atoms with Crippen molar-refractivity contribution in [2.24, 2.45) is 0 Å². The maximum Gasteiger partial charge on any atom is 0.349 e. The molecule has 0 saturated heterocycles. The van der Waals surface area contributed by atoms with Crippen molar-refractivity contribution < 1.29 is 19.0 Å². The lowest BCUT2D eigenvalue weighted by Gasteiger charge is -2.06. The zero-order valence-electron chi connectivity index (χ0n) is 10.5. The van der Waals surface area contributed by atoms with Gasteiger partial charge in [0.05, 0.1) is 11.6 Å². The summed E-state index contributed by atoms with van der Waals surface area (Å²) in [5.41, 5.74) is 0.536. The Hall–Kier alpha value is -2.39. The molecule has 0 saturated carbocycles. The Kier molecular flexibility index (Phi) is 4.01. The minimum atomic E-state index is -1.08. The number of nitriles is 1. The van der Waals surface area contributed by atoms with Gasteiger partial charge in [-0.2, -0.15) is 5.26 Å². The quantitative estimate of drug-likeness (QED) is 0.937. The fourth-order valence-corrected chi connectivity index (χ4v) is 2.45. The van der Waals surface area contributed by atoms with Crippen LogP contribution in [0.5, 0.6) is 5.75 Å². The van der Waals surface area contributed by atoms with Crippen LogP contribution in [0.1, 0.15) is 25.7 Å². The Bertz CT molecular complexity index is 703. The minimum Gasteiger partial charge on any atom is -0.487 e. The Morgan fingerprint density at radius 1 is 1.50 bits per heavy atom. The highest BCUT2D eigenvalue weighted by Crippen LogP contribution is 2.29. The summed E-state index contributed by atoms with van der Waals surface area (Å²) in [6, 6.07) is 7.45. The normalized spacial score (nSPS) is 10.1. The summed E-state index contributed by atoms with van der Waals surface area (Å²) in [7, 11) is 0. The largest absolute Gasteiger partial charge is 0.487 e. The molecule has 0 bridgehead atoms. The van der Waals surface area contributed by atoms with Crippen LogP contribution in [0.4, 0.5) is 4.39 Å². The van der Waals surface area contributed by atoms with Crippen LogP contribution in [0, 0.1) is 24.1 Å². The first-order valence-corrected chi connectivity index (χ1v) is 6.48. The molecule has 0 aliphatic heterocycles. The van der Waals surface area contributed by atoms with E-state index in [1.54, 1.807) is 13.0 Å². The highest BCUT2D eigenvalue weighted by molar-refractivity contribution is 7.14. The van der Waals surface area contributed by atoms with E-state index in [1.807, 2.05) is 6.07 Å². The van der Waals surface area contributed by atoms with Crippen LogP contribution < -0.4 is 4.74 Å². The van der Waals surface area contributed by atoms with Gasteiger partial charge in [0.15, 0.2) is 4.88 Å². The van der Waals surface area contributed by atoms with Crippen LogP contribution in [0.3, 0.4) is 0 Å². The third-order valence-electron chi connectivity index (χ3n) is 2.57. The molecule has 2 aromatic rings. The molecule has 1 N–H and O–H groups in total. The molecular weight excluding hydrogens is 281 g/mol. The summed E-state index contributed by atoms with van der Waals surface area (Å²) >= 11 is 1.10. The molecule has 102 valence electrons. The van der Waals surface area contributed by atoms with E-state index in [0.29, 0.717) is 5.56 Å². The first-order chi connectivity index (χ1) is 9.51. The van der Waals surface area contributed by atoms with Crippen molar-refractivity contribution in [2.75, 3.05) is 0 Å². The molecule has 20 heavy (non-hydrogen) atoms. The number of thiophene rings is 1. The lowest BCUT2D eigenvalue weighted by Crippen LogP contribution is -2.02. The molecule has 0 unspecified atom stereocenters. The summed E-state index contributed by atoms with van der Waals surface area (Å²) in [5, 5.41) is 17.8. The average molecular weight is 291 g/mol. The second-order valence-corrected chi connectivity index (χ2v) is 5.32. The number of nitrogens with zero attached hydrogens (tertiary/aromatic N) is 1. The second kappa shape index (κ2) is 5.72. The third-order valence-corrected chi connectivity index (χ3v) is 3.59. The fraction of sp³-hybridized carbons (Fsp3) is 0.143. The van der Waals surface area contributed by atoms with Crippen LogP contribution >= 0.6 is 11.3 Å². The first kappa shape index (κ1) is 14.0. The zero-order chi connectivity index (χ0) is 14.7. The van der Waals surface area contributed by atoms with Crippen LogP contribution in [0.15, 0.2) is 24.3 Å². The van der Waals surface area contributed by atoms with Gasteiger partial charge in [-0.1, -0.05) is 0 Å². The number of halogens is 1. The summed E-state index contributed by atoms with van der Waals surface area (Å²) in [4.78, 5) is 11.9. The van der Waals surface area contributed by atoms with Gasteiger partial charge in [0, 0.05) is 10.4 Å². The van der Waals surface area contributed by atoms with Gasteiger partial charge in [-0.25, -0.2) is 9.18 Å². The molecule has 4 nitrogen and oxygen atoms in total. The van der Waals surface area contributed by atoms with E-state index in [-0.39, 0.29) is 22.8 Å². The van der Waals surface area contributed by atoms with E-state index < -0.39 is 11.8 Å². The molecular formula is C14H10FNO3S. The van der Waals surface area contributed by atoms with E-state index in [2.05, 4.69) is 0 Å². The summed E-state index contributed by atoms with van der Waals surface area (Å²) < 4.78 is 18.9. The summed E-state index contributed by atoms with van der Waals surface area (Å²) in [5.74, 6) is -1.36. The van der Waals surface area contributed by atoms with Crippen molar-refractivity contribution in [1.82, 2.24) is 0 Å². The number of benzene rings is 1. The molecule has 1 aromatic heterocycles. The molecule has 0 atom stereocenters. The number of aromatic carboxylic acids is 1. The lowest BCUT2D eigenvalue weighted by atomic mass is 10.1. The molecule has 2 rings (SSSR count). The molecule has 0 radical (unpaired) electrons. The Morgan fingerprint density at radius 2 is 2.25 bits per heavy atom. The number of hydrogen-bond acceptors (Lipinski definition) is 4. The Balaban J connectivity index is 2.21. The summed E-state index contributed by atoms with van der Waals surface area (Å²) in [6.07, 6.45) is 0. The van der Waals surface area contributed by atoms with Crippen molar-refractivity contribution >= 4 is 17.3 Å². The van der Waals surface area contributed by atoms with E-state index in [4.69, 9.17) is 15.1 Å². The van der Waals surface area contributed by atoms with E-state index in [1.165, 1.54) is 18.2 Å². The third kappa shape index (κ3) is 2.95. The highest BCUT2D eigenvalue weighted by Gasteiger charge is 2.16. The van der Waals surface area contributed by atoms with Crippen molar-refractivity contribution in [3.63, 3.8) is 0 Å².